The number of Topliss-reactive ketones (excluding diaryl/α,β-unsaturated/α-hetero) is 1. The molecule has 0 aromatic carbocycles. The van der Waals surface area contributed by atoms with Crippen molar-refractivity contribution in [1.29, 1.82) is 0 Å². The smallest absolute Gasteiger partial charge is 0.133 e. The highest BCUT2D eigenvalue weighted by molar-refractivity contribution is 5.80. The molecule has 2 aliphatic carbocycles. The van der Waals surface area contributed by atoms with Crippen molar-refractivity contribution < 1.29 is 4.79 Å². The summed E-state index contributed by atoms with van der Waals surface area (Å²) in [6, 6.07) is 0. The van der Waals surface area contributed by atoms with Crippen molar-refractivity contribution in [2.45, 2.75) is 59.3 Å². The van der Waals surface area contributed by atoms with E-state index in [1.807, 2.05) is 0 Å². The molecule has 2 saturated carbocycles. The molecular weight excluding hydrogens is 196 g/mol. The van der Waals surface area contributed by atoms with Gasteiger partial charge >= 0.3 is 0 Å². The zero-order valence-corrected chi connectivity index (χ0v) is 10.9. The Bertz CT molecular complexity index is 330. The maximum atomic E-state index is 11.7. The first-order chi connectivity index (χ1) is 7.36. The normalized spacial score (nSPS) is 43.9. The Kier molecular flexibility index (Phi) is 2.76. The number of fused-ring (bicyclic) bond motifs is 1. The Morgan fingerprint density at radius 1 is 1.31 bits per heavy atom. The Balaban J connectivity index is 2.22. The molecule has 3 atom stereocenters. The van der Waals surface area contributed by atoms with Crippen LogP contribution in [0.1, 0.15) is 59.3 Å². The van der Waals surface area contributed by atoms with E-state index in [9.17, 15) is 4.79 Å². The molecule has 0 aromatic heterocycles. The number of hydrogen-bond donors (Lipinski definition) is 0. The Labute approximate surface area is 99.3 Å². The molecule has 0 aromatic rings. The first kappa shape index (κ1) is 11.9. The lowest BCUT2D eigenvalue weighted by Crippen LogP contribution is -2.47. The van der Waals surface area contributed by atoms with Crippen molar-refractivity contribution in [2.75, 3.05) is 0 Å². The highest BCUT2D eigenvalue weighted by atomic mass is 16.1. The molecule has 0 unspecified atom stereocenters. The minimum atomic E-state index is 0.258. The van der Waals surface area contributed by atoms with Crippen molar-refractivity contribution in [2.24, 2.45) is 16.7 Å². The second-order valence-electron chi connectivity index (χ2n) is 6.62. The van der Waals surface area contributed by atoms with Crippen LogP contribution in [0.4, 0.5) is 0 Å². The molecule has 0 heterocycles. The van der Waals surface area contributed by atoms with Crippen molar-refractivity contribution in [3.63, 3.8) is 0 Å². The summed E-state index contributed by atoms with van der Waals surface area (Å²) in [5.74, 6) is 1.17. The van der Waals surface area contributed by atoms with Gasteiger partial charge in [-0.25, -0.2) is 0 Å². The summed E-state index contributed by atoms with van der Waals surface area (Å²) in [7, 11) is 0. The molecule has 0 saturated heterocycles. The van der Waals surface area contributed by atoms with Crippen LogP contribution in [0.25, 0.3) is 0 Å². The van der Waals surface area contributed by atoms with Gasteiger partial charge < -0.3 is 0 Å². The third-order valence-electron chi connectivity index (χ3n) is 5.44. The van der Waals surface area contributed by atoms with Crippen LogP contribution in [-0.2, 0) is 4.79 Å². The van der Waals surface area contributed by atoms with Gasteiger partial charge in [0.2, 0.25) is 0 Å². The SMILES string of the molecule is C=C(C)[C@@H]1CC[C@]2(C)CC(=O)CC[C@]2(C)C1. The van der Waals surface area contributed by atoms with Gasteiger partial charge in [0, 0.05) is 12.8 Å². The van der Waals surface area contributed by atoms with Crippen LogP contribution in [0.2, 0.25) is 0 Å². The molecule has 2 rings (SSSR count). The van der Waals surface area contributed by atoms with Gasteiger partial charge in [-0.05, 0) is 49.4 Å². The maximum Gasteiger partial charge on any atom is 0.133 e. The highest BCUT2D eigenvalue weighted by Gasteiger charge is 2.51. The number of carbonyl (C=O) groups excluding carboxylic acids is 1. The molecule has 0 amide bonds. The van der Waals surface area contributed by atoms with Gasteiger partial charge in [0.1, 0.15) is 5.78 Å². The van der Waals surface area contributed by atoms with E-state index in [4.69, 9.17) is 0 Å². The molecule has 1 nitrogen and oxygen atoms in total. The Hall–Kier alpha value is -0.590. The van der Waals surface area contributed by atoms with E-state index in [-0.39, 0.29) is 5.41 Å². The largest absolute Gasteiger partial charge is 0.300 e. The molecule has 2 fully saturated rings. The molecule has 0 spiro atoms. The highest BCUT2D eigenvalue weighted by Crippen LogP contribution is 2.59. The maximum absolute atomic E-state index is 11.7. The number of allylic oxidation sites excluding steroid dienone is 1. The van der Waals surface area contributed by atoms with Gasteiger partial charge in [-0.1, -0.05) is 26.0 Å². The van der Waals surface area contributed by atoms with Crippen LogP contribution in [0.5, 0.6) is 0 Å². The molecule has 0 radical (unpaired) electrons. The molecule has 90 valence electrons. The minimum Gasteiger partial charge on any atom is -0.300 e. The molecule has 0 aliphatic heterocycles. The fraction of sp³-hybridized carbons (Fsp3) is 0.800. The van der Waals surface area contributed by atoms with E-state index < -0.39 is 0 Å². The summed E-state index contributed by atoms with van der Waals surface area (Å²) in [6.45, 7) is 11.0. The number of hydrogen-bond acceptors (Lipinski definition) is 1. The van der Waals surface area contributed by atoms with Gasteiger partial charge in [0.05, 0.1) is 0 Å². The summed E-state index contributed by atoms with van der Waals surface area (Å²) in [5, 5.41) is 0. The Morgan fingerprint density at radius 2 is 2.00 bits per heavy atom. The molecular formula is C15H24O. The zero-order valence-electron chi connectivity index (χ0n) is 10.9. The molecule has 1 heteroatoms. The van der Waals surface area contributed by atoms with Crippen LogP contribution in [-0.4, -0.2) is 5.78 Å². The standard InChI is InChI=1S/C15H24O/c1-11(2)12-5-7-15(4)10-13(16)6-8-14(15,3)9-12/h12H,1,5-10H2,2-4H3/t12-,14-,15-/m1/s1. The predicted molar refractivity (Wildman–Crippen MR) is 67.2 cm³/mol. The predicted octanol–water partition coefficient (Wildman–Crippen LogP) is 4.13. The molecule has 0 bridgehead atoms. The minimum absolute atomic E-state index is 0.258. The Morgan fingerprint density at radius 3 is 2.62 bits per heavy atom. The number of carbonyl (C=O) groups is 1. The quantitative estimate of drug-likeness (QED) is 0.607. The lowest BCUT2D eigenvalue weighted by atomic mass is 9.49. The third kappa shape index (κ3) is 1.74. The van der Waals surface area contributed by atoms with Crippen molar-refractivity contribution >= 4 is 5.78 Å². The van der Waals surface area contributed by atoms with Gasteiger partial charge in [0.25, 0.3) is 0 Å². The number of rotatable bonds is 1. The van der Waals surface area contributed by atoms with E-state index in [2.05, 4.69) is 27.4 Å². The summed E-state index contributed by atoms with van der Waals surface area (Å²) in [6.07, 6.45) is 6.38. The van der Waals surface area contributed by atoms with Crippen molar-refractivity contribution in [1.82, 2.24) is 0 Å². The third-order valence-corrected chi connectivity index (χ3v) is 5.44. The lowest BCUT2D eigenvalue weighted by molar-refractivity contribution is -0.133. The number of ketones is 1. The van der Waals surface area contributed by atoms with Crippen LogP contribution in [0.3, 0.4) is 0 Å². The average Bonchev–Trinajstić information content (AvgIpc) is 2.18. The fourth-order valence-electron chi connectivity index (χ4n) is 3.75. The van der Waals surface area contributed by atoms with Crippen LogP contribution in [0.15, 0.2) is 12.2 Å². The van der Waals surface area contributed by atoms with Gasteiger partial charge in [-0.15, -0.1) is 0 Å². The van der Waals surface area contributed by atoms with E-state index in [1.165, 1.54) is 24.8 Å². The summed E-state index contributed by atoms with van der Waals surface area (Å²) in [4.78, 5) is 11.7. The van der Waals surface area contributed by atoms with Crippen molar-refractivity contribution in [3.8, 4) is 0 Å². The summed E-state index contributed by atoms with van der Waals surface area (Å²) in [5.41, 5.74) is 1.96. The van der Waals surface area contributed by atoms with Crippen LogP contribution in [0, 0.1) is 16.7 Å². The topological polar surface area (TPSA) is 17.1 Å². The van der Waals surface area contributed by atoms with Gasteiger partial charge in [-0.2, -0.15) is 0 Å². The van der Waals surface area contributed by atoms with E-state index in [1.54, 1.807) is 0 Å². The summed E-state index contributed by atoms with van der Waals surface area (Å²) < 4.78 is 0. The zero-order chi connectivity index (χ0) is 12.0. The van der Waals surface area contributed by atoms with E-state index >= 15 is 0 Å². The second-order valence-corrected chi connectivity index (χ2v) is 6.62. The summed E-state index contributed by atoms with van der Waals surface area (Å²) >= 11 is 0. The first-order valence-corrected chi connectivity index (χ1v) is 6.53. The first-order valence-electron chi connectivity index (χ1n) is 6.53. The van der Waals surface area contributed by atoms with Gasteiger partial charge in [0.15, 0.2) is 0 Å². The second kappa shape index (κ2) is 3.72. The van der Waals surface area contributed by atoms with E-state index in [0.717, 1.165) is 19.3 Å². The average molecular weight is 220 g/mol. The fourth-order valence-corrected chi connectivity index (χ4v) is 3.75. The van der Waals surface area contributed by atoms with Crippen molar-refractivity contribution in [3.05, 3.63) is 12.2 Å². The van der Waals surface area contributed by atoms with Crippen LogP contribution < -0.4 is 0 Å². The lowest BCUT2D eigenvalue weighted by Gasteiger charge is -2.55. The van der Waals surface area contributed by atoms with Gasteiger partial charge in [-0.3, -0.25) is 4.79 Å². The molecule has 0 N–H and O–H groups in total. The van der Waals surface area contributed by atoms with E-state index in [0.29, 0.717) is 17.1 Å². The monoisotopic (exact) mass is 220 g/mol. The molecule has 16 heavy (non-hydrogen) atoms. The molecule has 2 aliphatic rings. The van der Waals surface area contributed by atoms with Crippen LogP contribution >= 0.6 is 0 Å².